The molecule has 4 aromatic rings. The van der Waals surface area contributed by atoms with Crippen molar-refractivity contribution in [3.05, 3.63) is 65.7 Å². The van der Waals surface area contributed by atoms with Gasteiger partial charge in [0.25, 0.3) is 5.91 Å². The van der Waals surface area contributed by atoms with E-state index in [-0.39, 0.29) is 37.8 Å². The van der Waals surface area contributed by atoms with Crippen LogP contribution in [0.5, 0.6) is 6.01 Å². The van der Waals surface area contributed by atoms with Crippen molar-refractivity contribution in [2.24, 2.45) is 0 Å². The van der Waals surface area contributed by atoms with Crippen LogP contribution in [0.1, 0.15) is 19.3 Å². The molecule has 3 saturated heterocycles. The Hall–Kier alpha value is -4.21. The zero-order valence-electron chi connectivity index (χ0n) is 24.1. The molecule has 1 aromatic carbocycles. The molecule has 3 aliphatic heterocycles. The zero-order chi connectivity index (χ0) is 30.4. The van der Waals surface area contributed by atoms with Crippen LogP contribution in [-0.2, 0) is 4.79 Å². The summed E-state index contributed by atoms with van der Waals surface area (Å²) in [6.45, 7) is 13.0. The summed E-state index contributed by atoms with van der Waals surface area (Å²) in [5, 5.41) is 3.19. The van der Waals surface area contributed by atoms with Gasteiger partial charge < -0.3 is 19.4 Å². The minimum Gasteiger partial charge on any atom is -0.461 e. The van der Waals surface area contributed by atoms with Gasteiger partial charge in [0.05, 0.1) is 11.1 Å². The van der Waals surface area contributed by atoms with Gasteiger partial charge in [0.15, 0.2) is 11.6 Å². The first-order valence-electron chi connectivity index (χ1n) is 14.7. The van der Waals surface area contributed by atoms with E-state index in [1.807, 2.05) is 17.0 Å². The number of hydrogen-bond acceptors (Lipinski definition) is 8. The molecule has 7 rings (SSSR count). The van der Waals surface area contributed by atoms with E-state index in [2.05, 4.69) is 39.9 Å². The summed E-state index contributed by atoms with van der Waals surface area (Å²) >= 11 is 1.68. The molecule has 0 radical (unpaired) electrons. The average molecular weight is 616 g/mol. The Morgan fingerprint density at radius 3 is 2.95 bits per heavy atom. The number of fused-ring (bicyclic) bond motifs is 3. The third-order valence-corrected chi connectivity index (χ3v) is 9.99. The van der Waals surface area contributed by atoms with Gasteiger partial charge in [-0.05, 0) is 48.5 Å². The molecule has 0 spiro atoms. The minimum atomic E-state index is -1.05. The van der Waals surface area contributed by atoms with E-state index in [4.69, 9.17) is 26.3 Å². The molecular formula is C32H31F2N7O2S. The lowest BCUT2D eigenvalue weighted by molar-refractivity contribution is -0.131. The molecule has 3 aromatic heterocycles. The number of amides is 1. The van der Waals surface area contributed by atoms with Gasteiger partial charge >= 0.3 is 6.01 Å². The number of alkyl halides is 1. The van der Waals surface area contributed by atoms with E-state index < -0.39 is 23.9 Å². The molecule has 0 saturated carbocycles. The Morgan fingerprint density at radius 1 is 1.23 bits per heavy atom. The van der Waals surface area contributed by atoms with Gasteiger partial charge in [-0.25, -0.2) is 15.4 Å². The highest BCUT2D eigenvalue weighted by molar-refractivity contribution is 7.17. The van der Waals surface area contributed by atoms with E-state index in [1.54, 1.807) is 17.5 Å². The second-order valence-corrected chi connectivity index (χ2v) is 12.7. The van der Waals surface area contributed by atoms with E-state index in [0.717, 1.165) is 35.9 Å². The topological polar surface area (TPSA) is 79.1 Å². The van der Waals surface area contributed by atoms with Crippen molar-refractivity contribution in [2.75, 3.05) is 50.8 Å². The van der Waals surface area contributed by atoms with Gasteiger partial charge in [0.2, 0.25) is 6.54 Å². The van der Waals surface area contributed by atoms with Crippen molar-refractivity contribution < 1.29 is 18.3 Å². The molecular weight excluding hydrogens is 584 g/mol. The first-order chi connectivity index (χ1) is 21.3. The monoisotopic (exact) mass is 615 g/mol. The van der Waals surface area contributed by atoms with Gasteiger partial charge in [-0.1, -0.05) is 18.7 Å². The summed E-state index contributed by atoms with van der Waals surface area (Å²) in [5.74, 6) is -1.33. The van der Waals surface area contributed by atoms with Crippen molar-refractivity contribution in [3.8, 4) is 17.1 Å². The van der Waals surface area contributed by atoms with Gasteiger partial charge in [-0.3, -0.25) is 14.7 Å². The normalized spacial score (nSPS) is 23.7. The lowest BCUT2D eigenvalue weighted by Crippen LogP contribution is -2.56. The van der Waals surface area contributed by atoms with E-state index in [1.165, 1.54) is 9.60 Å². The molecule has 226 valence electrons. The van der Waals surface area contributed by atoms with Crippen LogP contribution >= 0.6 is 11.3 Å². The lowest BCUT2D eigenvalue weighted by Gasteiger charge is -2.39. The van der Waals surface area contributed by atoms with Crippen molar-refractivity contribution in [1.82, 2.24) is 24.8 Å². The fourth-order valence-electron chi connectivity index (χ4n) is 7.04. The molecule has 9 nitrogen and oxygen atoms in total. The van der Waals surface area contributed by atoms with Gasteiger partial charge in [-0.15, -0.1) is 11.3 Å². The van der Waals surface area contributed by atoms with Crippen LogP contribution in [0.4, 0.5) is 14.6 Å². The van der Waals surface area contributed by atoms with Crippen LogP contribution in [-0.4, -0.2) is 94.3 Å². The number of piperazine rings is 1. The summed E-state index contributed by atoms with van der Waals surface area (Å²) in [5.41, 5.74) is 2.71. The fourth-order valence-corrected chi connectivity index (χ4v) is 7.85. The number of carbonyl (C=O) groups excluding carboxylic acids is 1. The summed E-state index contributed by atoms with van der Waals surface area (Å²) in [4.78, 5) is 35.9. The largest absolute Gasteiger partial charge is 0.461 e. The standard InChI is InChI=1S/C32H31F2N7O2S/c1-20(33)30(42)41-11-10-39(18-23(41)16-35-2)29-28-26(13-21(15-36-28)24-5-3-6-27-25(24)7-12-44-27)37-31(38-29)43-19-32-8-4-9-40(32)17-22(34)14-32/h3,5-7,12-13,15,22-23H,1,4,8-11,14,16-19H2/t22-,23+,32?/m1/s1. The highest BCUT2D eigenvalue weighted by atomic mass is 32.1. The predicted molar refractivity (Wildman–Crippen MR) is 166 cm³/mol. The smallest absolute Gasteiger partial charge is 0.319 e. The van der Waals surface area contributed by atoms with Gasteiger partial charge in [0, 0.05) is 54.4 Å². The second kappa shape index (κ2) is 11.4. The van der Waals surface area contributed by atoms with Crippen LogP contribution < -0.4 is 9.64 Å². The Bertz CT molecular complexity index is 1810. The maximum absolute atomic E-state index is 14.4. The first-order valence-corrected chi connectivity index (χ1v) is 15.6. The highest BCUT2D eigenvalue weighted by Crippen LogP contribution is 2.41. The van der Waals surface area contributed by atoms with Crippen LogP contribution in [0.3, 0.4) is 0 Å². The minimum absolute atomic E-state index is 0.00681. The molecule has 0 N–H and O–H groups in total. The van der Waals surface area contributed by atoms with Crippen molar-refractivity contribution in [2.45, 2.75) is 37.0 Å². The fraction of sp³-hybridized carbons (Fsp3) is 0.406. The van der Waals surface area contributed by atoms with Gasteiger partial charge in [-0.2, -0.15) is 9.97 Å². The molecule has 3 atom stereocenters. The number of carbonyl (C=O) groups is 1. The number of halogens is 2. The summed E-state index contributed by atoms with van der Waals surface area (Å²) in [6, 6.07) is 9.85. The molecule has 44 heavy (non-hydrogen) atoms. The summed E-state index contributed by atoms with van der Waals surface area (Å²) < 4.78 is 35.7. The summed E-state index contributed by atoms with van der Waals surface area (Å²) in [6.07, 6.45) is 3.22. The van der Waals surface area contributed by atoms with E-state index in [9.17, 15) is 13.6 Å². The number of anilines is 1. The number of pyridine rings is 1. The molecule has 12 heteroatoms. The van der Waals surface area contributed by atoms with E-state index >= 15 is 0 Å². The van der Waals surface area contributed by atoms with Crippen molar-refractivity contribution >= 4 is 44.2 Å². The average Bonchev–Trinajstić information content (AvgIpc) is 3.73. The number of aromatic nitrogens is 3. The van der Waals surface area contributed by atoms with Crippen LogP contribution in [0.15, 0.2) is 54.3 Å². The van der Waals surface area contributed by atoms with Crippen LogP contribution in [0, 0.1) is 6.57 Å². The third-order valence-electron chi connectivity index (χ3n) is 9.11. The zero-order valence-corrected chi connectivity index (χ0v) is 24.9. The van der Waals surface area contributed by atoms with E-state index in [0.29, 0.717) is 36.4 Å². The lowest BCUT2D eigenvalue weighted by atomic mass is 9.95. The Morgan fingerprint density at radius 2 is 2.11 bits per heavy atom. The molecule has 3 fully saturated rings. The second-order valence-electron chi connectivity index (χ2n) is 11.8. The quantitative estimate of drug-likeness (QED) is 0.207. The molecule has 1 amide bonds. The Kier molecular flexibility index (Phi) is 7.38. The maximum Gasteiger partial charge on any atom is 0.319 e. The van der Waals surface area contributed by atoms with Gasteiger partial charge in [0.1, 0.15) is 24.3 Å². The maximum atomic E-state index is 14.4. The number of ether oxygens (including phenoxy) is 1. The summed E-state index contributed by atoms with van der Waals surface area (Å²) in [7, 11) is 0. The number of nitrogens with zero attached hydrogens (tertiary/aromatic N) is 7. The molecule has 0 bridgehead atoms. The first kappa shape index (κ1) is 28.6. The Labute approximate surface area is 257 Å². The van der Waals surface area contributed by atoms with Crippen LogP contribution in [0.25, 0.3) is 37.1 Å². The molecule has 6 heterocycles. The third kappa shape index (κ3) is 5.04. The van der Waals surface area contributed by atoms with Crippen molar-refractivity contribution in [1.29, 1.82) is 0 Å². The molecule has 1 unspecified atom stereocenters. The predicted octanol–water partition coefficient (Wildman–Crippen LogP) is 5.28. The SMILES string of the molecule is [C-]#[N+]C[C@H]1CN(c2nc(OCC34CCCN3C[C@H](F)C4)nc3cc(-c4cccc5sccc45)cnc23)CCN1C(=O)C(=C)F. The number of hydrogen-bond donors (Lipinski definition) is 0. The number of rotatable bonds is 7. The highest BCUT2D eigenvalue weighted by Gasteiger charge is 2.49. The number of thiophene rings is 1. The van der Waals surface area contributed by atoms with Crippen molar-refractivity contribution in [3.63, 3.8) is 0 Å². The van der Waals surface area contributed by atoms with Crippen LogP contribution in [0.2, 0.25) is 0 Å². The molecule has 3 aliphatic rings. The molecule has 0 aliphatic carbocycles. The Balaban J connectivity index is 1.27. The number of benzene rings is 1.